The molecule has 50 heavy (non-hydrogen) atoms. The maximum atomic E-state index is 14.2. The molecule has 4 bridgehead atoms. The quantitative estimate of drug-likeness (QED) is 0.149. The topological polar surface area (TPSA) is 180 Å². The van der Waals surface area contributed by atoms with E-state index in [1.165, 1.54) is 19.3 Å². The fraction of sp³-hybridized carbons (Fsp3) is 0.368. The van der Waals surface area contributed by atoms with Gasteiger partial charge < -0.3 is 30.7 Å². The van der Waals surface area contributed by atoms with Crippen LogP contribution in [0.4, 0.5) is 5.69 Å². The molecule has 1 atom stereocenters. The molecule has 258 valence electrons. The van der Waals surface area contributed by atoms with Crippen LogP contribution in [0, 0.1) is 23.2 Å². The summed E-state index contributed by atoms with van der Waals surface area (Å²) >= 11 is 0. The molecule has 0 unspecified atom stereocenters. The Morgan fingerprint density at radius 2 is 1.44 bits per heavy atom. The van der Waals surface area contributed by atoms with Crippen LogP contribution in [0.1, 0.15) is 85.5 Å². The summed E-state index contributed by atoms with van der Waals surface area (Å²) in [5.74, 6) is -2.30. The third-order valence-electron chi connectivity index (χ3n) is 10.7. The van der Waals surface area contributed by atoms with E-state index in [2.05, 4.69) is 20.9 Å². The van der Waals surface area contributed by atoms with Crippen molar-refractivity contribution in [2.75, 3.05) is 11.9 Å². The zero-order valence-electron chi connectivity index (χ0n) is 27.6. The maximum absolute atomic E-state index is 14.2. The standard InChI is InChI=1S/C38H39N5O7/c1-43-20-40-30-14-28(33(44)39-19-38-16-22-7-23(17-38)9-24(8-22)18-38)29(15-32(30)43)34(45)42-31(10-21-5-3-2-4-6-21)35(46)41-27-12-25(36(47)48)11-26(13-27)37(49)50/h2-6,11-15,20,22-24,31H,7-10,16-19H2,1H3,(H,39,44)(H,41,46)(H,42,45)(H,47,48)(H,49,50)/t22?,23?,24?,31-,38?/m0/s1. The van der Waals surface area contributed by atoms with E-state index in [4.69, 9.17) is 0 Å². The number of fused-ring (bicyclic) bond motifs is 1. The van der Waals surface area contributed by atoms with Gasteiger partial charge in [0.1, 0.15) is 6.04 Å². The number of carbonyl (C=O) groups is 5. The van der Waals surface area contributed by atoms with E-state index >= 15 is 0 Å². The Labute approximate surface area is 288 Å². The molecular formula is C38H39N5O7. The summed E-state index contributed by atoms with van der Waals surface area (Å²) < 4.78 is 1.74. The minimum absolute atomic E-state index is 0.0549. The molecule has 8 rings (SSSR count). The average Bonchev–Trinajstić information content (AvgIpc) is 3.45. The third-order valence-corrected chi connectivity index (χ3v) is 10.7. The number of hydrogen-bond donors (Lipinski definition) is 5. The summed E-state index contributed by atoms with van der Waals surface area (Å²) in [7, 11) is 1.78. The number of benzene rings is 3. The predicted molar refractivity (Wildman–Crippen MR) is 184 cm³/mol. The van der Waals surface area contributed by atoms with E-state index in [0.29, 0.717) is 17.6 Å². The van der Waals surface area contributed by atoms with Crippen molar-refractivity contribution in [2.45, 2.75) is 51.0 Å². The van der Waals surface area contributed by atoms with Gasteiger partial charge in [0.2, 0.25) is 5.91 Å². The number of nitrogens with zero attached hydrogens (tertiary/aromatic N) is 2. The van der Waals surface area contributed by atoms with E-state index in [1.54, 1.807) is 54.3 Å². The number of rotatable bonds is 11. The first kappa shape index (κ1) is 33.0. The van der Waals surface area contributed by atoms with Crippen LogP contribution >= 0.6 is 0 Å². The van der Waals surface area contributed by atoms with E-state index < -0.39 is 29.8 Å². The van der Waals surface area contributed by atoms with Gasteiger partial charge in [-0.2, -0.15) is 0 Å². The van der Waals surface area contributed by atoms with Crippen LogP contribution in [-0.4, -0.2) is 62.0 Å². The van der Waals surface area contributed by atoms with Crippen LogP contribution in [0.2, 0.25) is 0 Å². The molecule has 12 heteroatoms. The number of carbonyl (C=O) groups excluding carboxylic acids is 3. The zero-order chi connectivity index (χ0) is 35.2. The summed E-state index contributed by atoms with van der Waals surface area (Å²) in [6.07, 6.45) is 8.88. The average molecular weight is 678 g/mol. The monoisotopic (exact) mass is 677 g/mol. The molecule has 0 spiro atoms. The lowest BCUT2D eigenvalue weighted by molar-refractivity contribution is -0.118. The van der Waals surface area contributed by atoms with Gasteiger partial charge in [-0.1, -0.05) is 30.3 Å². The molecule has 4 aliphatic carbocycles. The molecule has 3 amide bonds. The molecule has 3 aromatic carbocycles. The van der Waals surface area contributed by atoms with Crippen LogP contribution in [-0.2, 0) is 18.3 Å². The highest BCUT2D eigenvalue weighted by molar-refractivity contribution is 6.11. The summed E-state index contributed by atoms with van der Waals surface area (Å²) in [6, 6.07) is 14.3. The molecule has 4 saturated carbocycles. The molecule has 5 N–H and O–H groups in total. The number of nitrogens with one attached hydrogen (secondary N) is 3. The molecule has 1 aromatic heterocycles. The Hall–Kier alpha value is -5.52. The van der Waals surface area contributed by atoms with Crippen LogP contribution in [0.3, 0.4) is 0 Å². The lowest BCUT2D eigenvalue weighted by Gasteiger charge is -2.56. The van der Waals surface area contributed by atoms with Gasteiger partial charge in [-0.25, -0.2) is 14.6 Å². The number of hydrogen-bond acceptors (Lipinski definition) is 6. The van der Waals surface area contributed by atoms with E-state index in [9.17, 15) is 34.2 Å². The summed E-state index contributed by atoms with van der Waals surface area (Å²) in [6.45, 7) is 0.545. The van der Waals surface area contributed by atoms with Crippen molar-refractivity contribution in [3.63, 3.8) is 0 Å². The summed E-state index contributed by atoms with van der Waals surface area (Å²) in [5.41, 5.74) is 1.52. The van der Waals surface area contributed by atoms with Gasteiger partial charge in [-0.15, -0.1) is 0 Å². The second kappa shape index (κ2) is 13.1. The number of carboxylic acid groups (broad SMARTS) is 2. The lowest BCUT2D eigenvalue weighted by Crippen LogP contribution is -2.51. The Kier molecular flexibility index (Phi) is 8.63. The normalized spacial score (nSPS) is 22.5. The first-order valence-corrected chi connectivity index (χ1v) is 17.0. The lowest BCUT2D eigenvalue weighted by atomic mass is 9.49. The fourth-order valence-corrected chi connectivity index (χ4v) is 8.89. The van der Waals surface area contributed by atoms with Gasteiger partial charge in [0.25, 0.3) is 11.8 Å². The van der Waals surface area contributed by atoms with Crippen molar-refractivity contribution in [3.8, 4) is 0 Å². The van der Waals surface area contributed by atoms with E-state index in [1.807, 2.05) is 6.07 Å². The first-order chi connectivity index (χ1) is 23.9. The summed E-state index contributed by atoms with van der Waals surface area (Å²) in [5, 5.41) is 27.6. The van der Waals surface area contributed by atoms with Crippen molar-refractivity contribution in [1.29, 1.82) is 0 Å². The minimum Gasteiger partial charge on any atom is -0.478 e. The molecule has 4 aliphatic rings. The number of aromatic nitrogens is 2. The van der Waals surface area contributed by atoms with Crippen LogP contribution in [0.25, 0.3) is 11.0 Å². The minimum atomic E-state index is -1.36. The van der Waals surface area contributed by atoms with Gasteiger partial charge in [-0.3, -0.25) is 14.4 Å². The Bertz CT molecular complexity index is 1950. The number of imidazole rings is 1. The highest BCUT2D eigenvalue weighted by atomic mass is 16.4. The zero-order valence-corrected chi connectivity index (χ0v) is 27.6. The Morgan fingerprint density at radius 3 is 2.04 bits per heavy atom. The van der Waals surface area contributed by atoms with Gasteiger partial charge in [0, 0.05) is 25.7 Å². The Morgan fingerprint density at radius 1 is 0.840 bits per heavy atom. The molecule has 0 aliphatic heterocycles. The van der Waals surface area contributed by atoms with Gasteiger partial charge in [-0.05, 0) is 97.6 Å². The first-order valence-electron chi connectivity index (χ1n) is 17.0. The molecule has 12 nitrogen and oxygen atoms in total. The fourth-order valence-electron chi connectivity index (χ4n) is 8.89. The number of aryl methyl sites for hydroxylation is 1. The van der Waals surface area contributed by atoms with Crippen LogP contribution in [0.5, 0.6) is 0 Å². The highest BCUT2D eigenvalue weighted by Crippen LogP contribution is 2.59. The van der Waals surface area contributed by atoms with E-state index in [0.717, 1.165) is 60.8 Å². The van der Waals surface area contributed by atoms with Gasteiger partial charge in [0.15, 0.2) is 0 Å². The van der Waals surface area contributed by atoms with Crippen molar-refractivity contribution in [3.05, 3.63) is 94.8 Å². The SMILES string of the molecule is Cn1cnc2cc(C(=O)NCC34CC5CC(CC(C5)C3)C4)c(C(=O)N[C@@H](Cc3ccccc3)C(=O)Nc3cc(C(=O)O)cc(C(=O)O)c3)cc21. The van der Waals surface area contributed by atoms with E-state index in [-0.39, 0.29) is 45.7 Å². The molecule has 0 saturated heterocycles. The molecule has 4 fully saturated rings. The van der Waals surface area contributed by atoms with Crippen molar-refractivity contribution in [2.24, 2.45) is 30.2 Å². The van der Waals surface area contributed by atoms with Crippen LogP contribution in [0.15, 0.2) is 67.0 Å². The van der Waals surface area contributed by atoms with Crippen LogP contribution < -0.4 is 16.0 Å². The van der Waals surface area contributed by atoms with Crippen molar-refractivity contribution in [1.82, 2.24) is 20.2 Å². The number of aromatic carboxylic acids is 2. The largest absolute Gasteiger partial charge is 0.478 e. The second-order valence-electron chi connectivity index (χ2n) is 14.5. The van der Waals surface area contributed by atoms with Gasteiger partial charge >= 0.3 is 11.9 Å². The predicted octanol–water partition coefficient (Wildman–Crippen LogP) is 4.90. The smallest absolute Gasteiger partial charge is 0.335 e. The van der Waals surface area contributed by atoms with Gasteiger partial charge in [0.05, 0.1) is 39.6 Å². The van der Waals surface area contributed by atoms with Crippen molar-refractivity contribution < 1.29 is 34.2 Å². The number of carboxylic acids is 2. The van der Waals surface area contributed by atoms with Crippen molar-refractivity contribution >= 4 is 46.4 Å². The molecule has 0 radical (unpaired) electrons. The molecule has 4 aromatic rings. The second-order valence-corrected chi connectivity index (χ2v) is 14.5. The molecule has 1 heterocycles. The number of anilines is 1. The Balaban J connectivity index is 1.17. The summed E-state index contributed by atoms with van der Waals surface area (Å²) in [4.78, 5) is 69.7. The number of amides is 3. The molecular weight excluding hydrogens is 638 g/mol. The third kappa shape index (κ3) is 6.70. The maximum Gasteiger partial charge on any atom is 0.335 e. The highest BCUT2D eigenvalue weighted by Gasteiger charge is 2.50.